The van der Waals surface area contributed by atoms with Crippen LogP contribution in [0.5, 0.6) is 0 Å². The molecule has 0 spiro atoms. The number of ether oxygens (including phenoxy) is 2. The van der Waals surface area contributed by atoms with Crippen molar-refractivity contribution in [2.75, 3.05) is 13.2 Å². The number of fused-ring (bicyclic) bond motifs is 1. The lowest BCUT2D eigenvalue weighted by atomic mass is 9.96. The minimum absolute atomic E-state index is 0.0516. The maximum atomic E-state index is 10.2. The van der Waals surface area contributed by atoms with Gasteiger partial charge in [0.1, 0.15) is 31.0 Å². The molecule has 0 radical (unpaired) electrons. The number of aliphatic hydroxyl groups is 4. The Labute approximate surface area is 149 Å². The van der Waals surface area contributed by atoms with Gasteiger partial charge in [-0.05, 0) is 10.8 Å². The fraction of sp³-hybridized carbons (Fsp3) is 0.444. The van der Waals surface area contributed by atoms with Gasteiger partial charge in [0.05, 0.1) is 6.61 Å². The number of hydrogen-bond acceptors (Lipinski definition) is 8. The molecule has 0 saturated carbocycles. The molecule has 2 aromatic rings. The Hall–Kier alpha value is -1.62. The first-order valence-corrected chi connectivity index (χ1v) is 8.33. The van der Waals surface area contributed by atoms with E-state index in [1.165, 1.54) is 0 Å². The highest BCUT2D eigenvalue weighted by Gasteiger charge is 2.53. The van der Waals surface area contributed by atoms with Crippen LogP contribution in [0.3, 0.4) is 0 Å². The summed E-state index contributed by atoms with van der Waals surface area (Å²) in [6.45, 7) is -0.487. The molecule has 8 nitrogen and oxygen atoms in total. The van der Waals surface area contributed by atoms with Gasteiger partial charge in [0.15, 0.2) is 6.29 Å². The topological polar surface area (TPSA) is 118 Å². The van der Waals surface area contributed by atoms with E-state index in [9.17, 15) is 20.4 Å². The fourth-order valence-corrected chi connectivity index (χ4v) is 3.32. The molecular formula is C18H20O8. The van der Waals surface area contributed by atoms with Crippen LogP contribution in [0.15, 0.2) is 42.5 Å². The predicted molar refractivity (Wildman–Crippen MR) is 87.5 cm³/mol. The first kappa shape index (κ1) is 17.8. The minimum atomic E-state index is -1.53. The van der Waals surface area contributed by atoms with Crippen molar-refractivity contribution in [3.8, 4) is 0 Å². The lowest BCUT2D eigenvalue weighted by Gasteiger charge is -2.46. The first-order valence-electron chi connectivity index (χ1n) is 8.33. The number of benzene rings is 2. The lowest BCUT2D eigenvalue weighted by Crippen LogP contribution is -2.62. The van der Waals surface area contributed by atoms with Gasteiger partial charge in [0, 0.05) is 5.56 Å². The molecule has 4 N–H and O–H groups in total. The second-order valence-electron chi connectivity index (χ2n) is 6.44. The number of aliphatic hydroxyl groups excluding tert-OH is 4. The summed E-state index contributed by atoms with van der Waals surface area (Å²) in [5, 5.41) is 41.2. The third-order valence-electron chi connectivity index (χ3n) is 4.80. The van der Waals surface area contributed by atoms with E-state index in [-0.39, 0.29) is 6.61 Å². The number of hydrogen-bond donors (Lipinski definition) is 4. The molecule has 6 atom stereocenters. The van der Waals surface area contributed by atoms with Crippen molar-refractivity contribution in [1.29, 1.82) is 0 Å². The third-order valence-corrected chi connectivity index (χ3v) is 4.80. The summed E-state index contributed by atoms with van der Waals surface area (Å²) in [5.41, 5.74) is 0.679. The van der Waals surface area contributed by atoms with E-state index < -0.39 is 43.1 Å². The van der Waals surface area contributed by atoms with Crippen LogP contribution in [0.25, 0.3) is 10.8 Å². The molecule has 2 aromatic carbocycles. The predicted octanol–water partition coefficient (Wildman–Crippen LogP) is -0.229. The van der Waals surface area contributed by atoms with Crippen LogP contribution in [0.4, 0.5) is 0 Å². The summed E-state index contributed by atoms with van der Waals surface area (Å²) in [7, 11) is 0. The average Bonchev–Trinajstić information content (AvgIpc) is 2.64. The Morgan fingerprint density at radius 3 is 2.42 bits per heavy atom. The number of rotatable bonds is 4. The minimum Gasteiger partial charge on any atom is -0.394 e. The molecule has 0 bridgehead atoms. The van der Waals surface area contributed by atoms with Gasteiger partial charge in [0.2, 0.25) is 0 Å². The zero-order chi connectivity index (χ0) is 18.3. The van der Waals surface area contributed by atoms with Gasteiger partial charge in [-0.3, -0.25) is 0 Å². The largest absolute Gasteiger partial charge is 0.394 e. The molecule has 140 valence electrons. The van der Waals surface area contributed by atoms with E-state index in [4.69, 9.17) is 19.2 Å². The summed E-state index contributed by atoms with van der Waals surface area (Å²) in [4.78, 5) is 10.2. The summed E-state index contributed by atoms with van der Waals surface area (Å²) in [5.74, 6) is -1.34. The van der Waals surface area contributed by atoms with Gasteiger partial charge in [-0.1, -0.05) is 42.5 Å². The van der Waals surface area contributed by atoms with E-state index in [0.717, 1.165) is 10.8 Å². The highest BCUT2D eigenvalue weighted by Crippen LogP contribution is 2.41. The molecule has 2 aliphatic rings. The first-order chi connectivity index (χ1) is 12.6. The average molecular weight is 364 g/mol. The Morgan fingerprint density at radius 1 is 1.00 bits per heavy atom. The lowest BCUT2D eigenvalue weighted by molar-refractivity contribution is -0.567. The summed E-state index contributed by atoms with van der Waals surface area (Å²) < 4.78 is 11.3. The van der Waals surface area contributed by atoms with E-state index in [0.29, 0.717) is 5.56 Å². The van der Waals surface area contributed by atoms with E-state index in [1.807, 2.05) is 42.5 Å². The third kappa shape index (κ3) is 2.81. The quantitative estimate of drug-likeness (QED) is 0.550. The molecule has 2 fully saturated rings. The molecule has 2 aliphatic heterocycles. The maximum Gasteiger partial charge on any atom is 0.257 e. The SMILES string of the molecule is OC[C@H]1O[C@@H](OC2(c3cccc4ccccc34)COO2)[C@H](O)[C@@H](O)[C@H]1O. The maximum absolute atomic E-state index is 10.2. The molecule has 2 saturated heterocycles. The monoisotopic (exact) mass is 364 g/mol. The van der Waals surface area contributed by atoms with Crippen LogP contribution >= 0.6 is 0 Å². The summed E-state index contributed by atoms with van der Waals surface area (Å²) in [6, 6.07) is 13.2. The van der Waals surface area contributed by atoms with E-state index in [1.54, 1.807) is 0 Å². The van der Waals surface area contributed by atoms with Gasteiger partial charge < -0.3 is 29.9 Å². The summed E-state index contributed by atoms with van der Waals surface area (Å²) >= 11 is 0. The molecule has 0 aliphatic carbocycles. The van der Waals surface area contributed by atoms with Gasteiger partial charge >= 0.3 is 0 Å². The van der Waals surface area contributed by atoms with Crippen molar-refractivity contribution in [2.45, 2.75) is 36.5 Å². The van der Waals surface area contributed by atoms with E-state index >= 15 is 0 Å². The summed E-state index contributed by atoms with van der Waals surface area (Å²) in [6.07, 6.45) is -6.90. The molecule has 8 heteroatoms. The van der Waals surface area contributed by atoms with Crippen LogP contribution in [0.1, 0.15) is 5.56 Å². The van der Waals surface area contributed by atoms with Crippen molar-refractivity contribution in [1.82, 2.24) is 0 Å². The van der Waals surface area contributed by atoms with Crippen LogP contribution in [-0.2, 0) is 25.0 Å². The highest BCUT2D eigenvalue weighted by molar-refractivity contribution is 5.86. The Morgan fingerprint density at radius 2 is 1.73 bits per heavy atom. The van der Waals surface area contributed by atoms with Gasteiger partial charge in [0.25, 0.3) is 5.79 Å². The second kappa shape index (κ2) is 6.84. The van der Waals surface area contributed by atoms with Crippen LogP contribution in [0.2, 0.25) is 0 Å². The van der Waals surface area contributed by atoms with E-state index in [2.05, 4.69) is 0 Å². The second-order valence-corrected chi connectivity index (χ2v) is 6.44. The molecular weight excluding hydrogens is 344 g/mol. The molecule has 4 rings (SSSR count). The zero-order valence-corrected chi connectivity index (χ0v) is 13.8. The van der Waals surface area contributed by atoms with Gasteiger partial charge in [-0.25, -0.2) is 4.89 Å². The van der Waals surface area contributed by atoms with Crippen molar-refractivity contribution in [2.24, 2.45) is 0 Å². The van der Waals surface area contributed by atoms with Crippen LogP contribution in [-0.4, -0.2) is 64.3 Å². The van der Waals surface area contributed by atoms with Crippen molar-refractivity contribution >= 4 is 10.8 Å². The normalized spacial score (nSPS) is 37.5. The van der Waals surface area contributed by atoms with Crippen molar-refractivity contribution in [3.05, 3.63) is 48.0 Å². The molecule has 0 amide bonds. The smallest absolute Gasteiger partial charge is 0.257 e. The van der Waals surface area contributed by atoms with Crippen LogP contribution < -0.4 is 0 Å². The molecule has 0 aromatic heterocycles. The zero-order valence-electron chi connectivity index (χ0n) is 13.8. The highest BCUT2D eigenvalue weighted by atomic mass is 17.3. The Kier molecular flexibility index (Phi) is 4.68. The molecule has 1 unspecified atom stereocenters. The fourth-order valence-electron chi connectivity index (χ4n) is 3.32. The molecule has 26 heavy (non-hydrogen) atoms. The Bertz CT molecular complexity index is 769. The van der Waals surface area contributed by atoms with Crippen molar-refractivity contribution < 1.29 is 39.7 Å². The Balaban J connectivity index is 1.67. The van der Waals surface area contributed by atoms with Crippen LogP contribution in [0, 0.1) is 0 Å². The standard InChI is InChI=1S/C18H20O8/c19-8-13-14(20)15(21)16(22)17(24-13)25-18(9-23-26-18)12-7-3-5-10-4-1-2-6-11(10)12/h1-7,13-17,19-22H,8-9H2/t13-,14+,15+,16-,17+,18?/m1/s1. The van der Waals surface area contributed by atoms with Crippen molar-refractivity contribution in [3.63, 3.8) is 0 Å². The van der Waals surface area contributed by atoms with Gasteiger partial charge in [-0.15, -0.1) is 0 Å². The van der Waals surface area contributed by atoms with Gasteiger partial charge in [-0.2, -0.15) is 4.89 Å². The molecule has 2 heterocycles.